The van der Waals surface area contributed by atoms with Gasteiger partial charge in [-0.15, -0.1) is 0 Å². The molecule has 1 aromatic rings. The number of likely N-dealkylation sites (tertiary alicyclic amines) is 1. The molecule has 136 valence electrons. The molecule has 1 unspecified atom stereocenters. The van der Waals surface area contributed by atoms with Gasteiger partial charge in [0.05, 0.1) is 0 Å². The monoisotopic (exact) mass is 347 g/mol. The lowest BCUT2D eigenvalue weighted by Gasteiger charge is -2.36. The van der Waals surface area contributed by atoms with Gasteiger partial charge in [0.2, 0.25) is 0 Å². The average molecular weight is 347 g/mol. The summed E-state index contributed by atoms with van der Waals surface area (Å²) in [6.45, 7) is 5.74. The van der Waals surface area contributed by atoms with Crippen molar-refractivity contribution in [3.8, 4) is 0 Å². The minimum Gasteiger partial charge on any atom is -0.458 e. The van der Waals surface area contributed by atoms with Crippen molar-refractivity contribution in [3.63, 3.8) is 0 Å². The predicted octanol–water partition coefficient (Wildman–Crippen LogP) is 3.09. The third kappa shape index (κ3) is 4.59. The highest BCUT2D eigenvalue weighted by Gasteiger charge is 2.52. The van der Waals surface area contributed by atoms with Crippen LogP contribution in [0.15, 0.2) is 30.3 Å². The lowest BCUT2D eigenvalue weighted by molar-refractivity contribution is -0.168. The fraction of sp³-hybridized carbons (Fsp3) is 0.526. The van der Waals surface area contributed by atoms with Crippen LogP contribution in [0.5, 0.6) is 0 Å². The van der Waals surface area contributed by atoms with E-state index in [1.165, 1.54) is 4.90 Å². The molecule has 0 aromatic heterocycles. The normalized spacial score (nSPS) is 20.2. The van der Waals surface area contributed by atoms with Gasteiger partial charge in [0.25, 0.3) is 0 Å². The summed E-state index contributed by atoms with van der Waals surface area (Å²) in [5.41, 5.74) is -1.12. The maximum absolute atomic E-state index is 12.7. The van der Waals surface area contributed by atoms with Crippen LogP contribution in [0.4, 0.5) is 4.79 Å². The smallest absolute Gasteiger partial charge is 0.411 e. The van der Waals surface area contributed by atoms with E-state index in [0.29, 0.717) is 25.7 Å². The van der Waals surface area contributed by atoms with Gasteiger partial charge in [0.15, 0.2) is 5.54 Å². The number of carbonyl (C=O) groups is 3. The van der Waals surface area contributed by atoms with Crippen molar-refractivity contribution < 1.29 is 23.9 Å². The van der Waals surface area contributed by atoms with Crippen molar-refractivity contribution in [2.75, 3.05) is 6.54 Å². The molecule has 1 aliphatic heterocycles. The average Bonchev–Trinajstić information content (AvgIpc) is 2.97. The highest BCUT2D eigenvalue weighted by molar-refractivity contribution is 5.89. The molecule has 6 heteroatoms. The van der Waals surface area contributed by atoms with E-state index in [2.05, 4.69) is 0 Å². The molecule has 0 saturated carbocycles. The summed E-state index contributed by atoms with van der Waals surface area (Å²) >= 11 is 0. The second kappa shape index (κ2) is 7.68. The molecule has 0 spiro atoms. The quantitative estimate of drug-likeness (QED) is 0.604. The first kappa shape index (κ1) is 19.0. The van der Waals surface area contributed by atoms with Gasteiger partial charge in [-0.1, -0.05) is 30.3 Å². The molecular formula is C19H25NO5. The fourth-order valence-electron chi connectivity index (χ4n) is 2.96. The third-order valence-corrected chi connectivity index (χ3v) is 4.11. The summed E-state index contributed by atoms with van der Waals surface area (Å²) in [6, 6.07) is 9.30. The highest BCUT2D eigenvalue weighted by atomic mass is 16.6. The van der Waals surface area contributed by atoms with E-state index in [1.807, 2.05) is 30.3 Å². The molecule has 0 radical (unpaired) electrons. The van der Waals surface area contributed by atoms with E-state index in [4.69, 9.17) is 9.47 Å². The topological polar surface area (TPSA) is 72.9 Å². The standard InChI is InChI=1S/C19H25NO5/c1-18(2,3)25-16(22)19(11-13-21)10-7-12-20(19)17(23)24-14-15-8-5-4-6-9-15/h4-6,8-9,13H,7,10-12,14H2,1-3H3. The van der Waals surface area contributed by atoms with Crippen molar-refractivity contribution >= 4 is 18.3 Å². The van der Waals surface area contributed by atoms with Gasteiger partial charge >= 0.3 is 12.1 Å². The van der Waals surface area contributed by atoms with Crippen LogP contribution < -0.4 is 0 Å². The van der Waals surface area contributed by atoms with Crippen LogP contribution in [0.2, 0.25) is 0 Å². The first-order chi connectivity index (χ1) is 11.8. The van der Waals surface area contributed by atoms with Crippen LogP contribution in [0.25, 0.3) is 0 Å². The van der Waals surface area contributed by atoms with Crippen LogP contribution in [-0.4, -0.2) is 40.9 Å². The molecule has 1 amide bonds. The number of carbonyl (C=O) groups excluding carboxylic acids is 3. The van der Waals surface area contributed by atoms with Crippen LogP contribution in [0.3, 0.4) is 0 Å². The lowest BCUT2D eigenvalue weighted by Crippen LogP contribution is -2.55. The Morgan fingerprint density at radius 3 is 2.52 bits per heavy atom. The molecule has 2 rings (SSSR count). The summed E-state index contributed by atoms with van der Waals surface area (Å²) in [4.78, 5) is 37.8. The number of benzene rings is 1. The number of aldehydes is 1. The number of amides is 1. The summed E-state index contributed by atoms with van der Waals surface area (Å²) in [6.07, 6.45) is 0.970. The van der Waals surface area contributed by atoms with Gasteiger partial charge in [0, 0.05) is 13.0 Å². The van der Waals surface area contributed by atoms with Gasteiger partial charge in [-0.05, 0) is 39.2 Å². The number of hydrogen-bond donors (Lipinski definition) is 0. The molecule has 1 aliphatic rings. The van der Waals surface area contributed by atoms with Crippen LogP contribution in [0.1, 0.15) is 45.6 Å². The third-order valence-electron chi connectivity index (χ3n) is 4.11. The number of rotatable bonds is 5. The van der Waals surface area contributed by atoms with Crippen LogP contribution in [0, 0.1) is 0 Å². The second-order valence-electron chi connectivity index (χ2n) is 7.20. The minimum absolute atomic E-state index is 0.0949. The van der Waals surface area contributed by atoms with Gasteiger partial charge < -0.3 is 14.3 Å². The molecule has 25 heavy (non-hydrogen) atoms. The largest absolute Gasteiger partial charge is 0.458 e. The highest BCUT2D eigenvalue weighted by Crippen LogP contribution is 2.35. The molecule has 1 atom stereocenters. The maximum Gasteiger partial charge on any atom is 0.411 e. The first-order valence-electron chi connectivity index (χ1n) is 8.44. The van der Waals surface area contributed by atoms with E-state index in [-0.39, 0.29) is 13.0 Å². The Morgan fingerprint density at radius 1 is 1.24 bits per heavy atom. The SMILES string of the molecule is CC(C)(C)OC(=O)C1(CC=O)CCCN1C(=O)OCc1ccccc1. The summed E-state index contributed by atoms with van der Waals surface area (Å²) in [5.74, 6) is -0.554. The van der Waals surface area contributed by atoms with E-state index in [1.54, 1.807) is 20.8 Å². The fourth-order valence-corrected chi connectivity index (χ4v) is 2.96. The van der Waals surface area contributed by atoms with Crippen molar-refractivity contribution in [2.45, 2.75) is 57.8 Å². The molecule has 0 aliphatic carbocycles. The summed E-state index contributed by atoms with van der Waals surface area (Å²) < 4.78 is 10.8. The molecule has 1 fully saturated rings. The molecule has 1 aromatic carbocycles. The van der Waals surface area contributed by atoms with Crippen molar-refractivity contribution in [2.24, 2.45) is 0 Å². The number of esters is 1. The number of hydrogen-bond acceptors (Lipinski definition) is 5. The zero-order chi connectivity index (χ0) is 18.5. The van der Waals surface area contributed by atoms with Crippen molar-refractivity contribution in [3.05, 3.63) is 35.9 Å². The predicted molar refractivity (Wildman–Crippen MR) is 91.8 cm³/mol. The Labute approximate surface area is 148 Å². The van der Waals surface area contributed by atoms with E-state index >= 15 is 0 Å². The lowest BCUT2D eigenvalue weighted by atomic mass is 9.92. The number of nitrogens with zero attached hydrogens (tertiary/aromatic N) is 1. The van der Waals surface area contributed by atoms with Gasteiger partial charge in [-0.3, -0.25) is 4.90 Å². The Kier molecular flexibility index (Phi) is 5.82. The van der Waals surface area contributed by atoms with Crippen LogP contribution in [-0.2, 0) is 25.7 Å². The molecule has 6 nitrogen and oxygen atoms in total. The maximum atomic E-state index is 12.7. The molecule has 0 N–H and O–H groups in total. The van der Waals surface area contributed by atoms with E-state index < -0.39 is 23.2 Å². The minimum atomic E-state index is -1.27. The Morgan fingerprint density at radius 2 is 1.92 bits per heavy atom. The van der Waals surface area contributed by atoms with Crippen LogP contribution >= 0.6 is 0 Å². The van der Waals surface area contributed by atoms with E-state index in [0.717, 1.165) is 5.56 Å². The Hall–Kier alpha value is -2.37. The molecule has 1 heterocycles. The zero-order valence-electron chi connectivity index (χ0n) is 15.0. The summed E-state index contributed by atoms with van der Waals surface area (Å²) in [5, 5.41) is 0. The number of ether oxygens (including phenoxy) is 2. The van der Waals surface area contributed by atoms with Gasteiger partial charge in [-0.2, -0.15) is 0 Å². The second-order valence-corrected chi connectivity index (χ2v) is 7.20. The van der Waals surface area contributed by atoms with Crippen molar-refractivity contribution in [1.82, 2.24) is 4.90 Å². The zero-order valence-corrected chi connectivity index (χ0v) is 15.0. The molecular weight excluding hydrogens is 322 g/mol. The summed E-state index contributed by atoms with van der Waals surface area (Å²) in [7, 11) is 0. The van der Waals surface area contributed by atoms with E-state index in [9.17, 15) is 14.4 Å². The van der Waals surface area contributed by atoms with Gasteiger partial charge in [0.1, 0.15) is 18.5 Å². The molecule has 1 saturated heterocycles. The van der Waals surface area contributed by atoms with Gasteiger partial charge in [-0.25, -0.2) is 9.59 Å². The Balaban J connectivity index is 2.14. The first-order valence-corrected chi connectivity index (χ1v) is 8.44. The van der Waals surface area contributed by atoms with Crippen molar-refractivity contribution in [1.29, 1.82) is 0 Å². The molecule has 0 bridgehead atoms. The Bertz CT molecular complexity index is 622.